The molecule has 3 N–H and O–H groups in total. The highest BCUT2D eigenvalue weighted by molar-refractivity contribution is 7.47. The molecule has 0 aliphatic heterocycles. The van der Waals surface area contributed by atoms with E-state index in [0.29, 0.717) is 25.7 Å². The van der Waals surface area contributed by atoms with E-state index in [-0.39, 0.29) is 25.7 Å². The predicted octanol–water partition coefficient (Wildman–Crippen LogP) is 20.2. The lowest BCUT2D eigenvalue weighted by Crippen LogP contribution is -2.30. The van der Waals surface area contributed by atoms with Crippen molar-refractivity contribution >= 4 is 39.5 Å². The highest BCUT2D eigenvalue weighted by Crippen LogP contribution is 2.45. The minimum absolute atomic E-state index is 0.0785. The smallest absolute Gasteiger partial charge is 0.462 e. The van der Waals surface area contributed by atoms with E-state index in [1.165, 1.54) is 128 Å². The van der Waals surface area contributed by atoms with Crippen LogP contribution in [-0.4, -0.2) is 96.7 Å². The molecular weight excluding hydrogens is 1200 g/mol. The van der Waals surface area contributed by atoms with Gasteiger partial charge in [0.1, 0.15) is 19.3 Å². The summed E-state index contributed by atoms with van der Waals surface area (Å²) < 4.78 is 68.2. The topological polar surface area (TPSA) is 237 Å². The largest absolute Gasteiger partial charge is 0.472 e. The summed E-state index contributed by atoms with van der Waals surface area (Å²) in [7, 11) is -9.92. The molecule has 0 heterocycles. The van der Waals surface area contributed by atoms with E-state index >= 15 is 0 Å². The zero-order chi connectivity index (χ0) is 66.8. The van der Waals surface area contributed by atoms with Gasteiger partial charge in [0, 0.05) is 25.7 Å². The number of phosphoric ester groups is 2. The van der Waals surface area contributed by atoms with Crippen LogP contribution in [-0.2, 0) is 65.4 Å². The second kappa shape index (κ2) is 65.7. The van der Waals surface area contributed by atoms with Crippen molar-refractivity contribution < 1.29 is 80.2 Å². The first-order valence-corrected chi connectivity index (χ1v) is 39.4. The van der Waals surface area contributed by atoms with Crippen LogP contribution < -0.4 is 0 Å². The lowest BCUT2D eigenvalue weighted by Gasteiger charge is -2.21. The summed E-state index contributed by atoms with van der Waals surface area (Å²) in [5.41, 5.74) is 0. The van der Waals surface area contributed by atoms with Crippen molar-refractivity contribution in [3.63, 3.8) is 0 Å². The van der Waals surface area contributed by atoms with E-state index in [1.807, 2.05) is 0 Å². The number of carbonyl (C=O) groups is 4. The normalized spacial score (nSPS) is 14.3. The number of unbranched alkanes of at least 4 members (excludes halogenated alkanes) is 37. The molecule has 0 aromatic carbocycles. The molecule has 0 spiro atoms. The van der Waals surface area contributed by atoms with Crippen LogP contribution in [0.3, 0.4) is 0 Å². The standard InChI is InChI=1S/C72H132O17P2/c1-5-9-13-17-21-25-28-31-33-35-38-41-45-49-53-57-70(75)83-63-68(89-72(77)59-55-51-47-43-39-36-34-32-29-26-22-18-14-10-6-2)65-87-91(80,81)85-61-66(73)60-84-90(78,79)86-64-67(62-82-69(74)56-52-48-44-40-24-20-16-12-8-4)88-71(76)58-54-50-46-42-37-30-27-23-19-15-11-7-3/h25-26,28-29,31-34,66-68,73H,5-24,27,30,35-65H2,1-4H3,(H,78,79)(H,80,81)/b28-25-,29-26-,33-31-,34-32-/t66-,67+,68+/m0/s1. The third-order valence-electron chi connectivity index (χ3n) is 15.6. The molecule has 0 radical (unpaired) electrons. The first-order chi connectivity index (χ1) is 44.2. The van der Waals surface area contributed by atoms with Crippen molar-refractivity contribution in [2.75, 3.05) is 39.6 Å². The van der Waals surface area contributed by atoms with E-state index in [2.05, 4.69) is 76.3 Å². The Morgan fingerprint density at radius 1 is 0.308 bits per heavy atom. The van der Waals surface area contributed by atoms with Gasteiger partial charge in [0.15, 0.2) is 12.2 Å². The predicted molar refractivity (Wildman–Crippen MR) is 367 cm³/mol. The maximum absolute atomic E-state index is 13.0. The Bertz CT molecular complexity index is 1930. The summed E-state index contributed by atoms with van der Waals surface area (Å²) >= 11 is 0. The Balaban J connectivity index is 5.31. The fourth-order valence-electron chi connectivity index (χ4n) is 9.97. The highest BCUT2D eigenvalue weighted by Gasteiger charge is 2.30. The minimum atomic E-state index is -4.97. The summed E-state index contributed by atoms with van der Waals surface area (Å²) in [4.78, 5) is 72.5. The molecule has 0 saturated heterocycles. The van der Waals surface area contributed by atoms with Gasteiger partial charge in [-0.15, -0.1) is 0 Å². The number of carbonyl (C=O) groups excluding carboxylic acids is 4. The van der Waals surface area contributed by atoms with E-state index in [9.17, 15) is 43.2 Å². The van der Waals surface area contributed by atoms with Crippen LogP contribution in [0.5, 0.6) is 0 Å². The number of ether oxygens (including phenoxy) is 4. The molecule has 0 bridgehead atoms. The maximum Gasteiger partial charge on any atom is 0.472 e. The Morgan fingerprint density at radius 3 is 0.802 bits per heavy atom. The van der Waals surface area contributed by atoms with E-state index in [0.717, 1.165) is 122 Å². The Labute approximate surface area is 553 Å². The second-order valence-corrected chi connectivity index (χ2v) is 27.5. The minimum Gasteiger partial charge on any atom is -0.462 e. The van der Waals surface area contributed by atoms with Gasteiger partial charge in [-0.05, 0) is 77.0 Å². The molecule has 91 heavy (non-hydrogen) atoms. The zero-order valence-electron chi connectivity index (χ0n) is 57.8. The van der Waals surface area contributed by atoms with E-state index in [4.69, 9.17) is 37.0 Å². The summed E-state index contributed by atoms with van der Waals surface area (Å²) in [5.74, 6) is -2.18. The van der Waals surface area contributed by atoms with Crippen LogP contribution in [0.15, 0.2) is 48.6 Å². The molecule has 0 aliphatic rings. The van der Waals surface area contributed by atoms with Crippen molar-refractivity contribution in [1.82, 2.24) is 0 Å². The third-order valence-corrected chi connectivity index (χ3v) is 17.5. The van der Waals surface area contributed by atoms with Crippen LogP contribution in [0.25, 0.3) is 0 Å². The molecule has 0 saturated carbocycles. The number of phosphoric acid groups is 2. The third kappa shape index (κ3) is 65.5. The first kappa shape index (κ1) is 88.0. The Kier molecular flexibility index (Phi) is 63.5. The molecule has 5 atom stereocenters. The summed E-state index contributed by atoms with van der Waals surface area (Å²) in [5, 5.41) is 10.6. The van der Waals surface area contributed by atoms with Gasteiger partial charge in [-0.1, -0.05) is 275 Å². The molecule has 0 rings (SSSR count). The number of esters is 4. The van der Waals surface area contributed by atoms with Gasteiger partial charge in [-0.25, -0.2) is 9.13 Å². The number of aliphatic hydroxyl groups excluding tert-OH is 1. The van der Waals surface area contributed by atoms with Gasteiger partial charge in [-0.2, -0.15) is 0 Å². The fourth-order valence-corrected chi connectivity index (χ4v) is 11.5. The molecule has 0 aromatic rings. The number of aliphatic hydroxyl groups is 1. The quantitative estimate of drug-likeness (QED) is 0.0169. The van der Waals surface area contributed by atoms with Crippen molar-refractivity contribution in [3.05, 3.63) is 48.6 Å². The molecule has 0 fully saturated rings. The molecule has 0 aliphatic carbocycles. The Hall–Kier alpha value is -2.98. The Morgan fingerprint density at radius 2 is 0.527 bits per heavy atom. The van der Waals surface area contributed by atoms with Crippen LogP contribution in [0.4, 0.5) is 0 Å². The monoisotopic (exact) mass is 1330 g/mol. The van der Waals surface area contributed by atoms with Gasteiger partial charge in [0.05, 0.1) is 26.4 Å². The molecule has 19 heteroatoms. The second-order valence-electron chi connectivity index (χ2n) is 24.6. The van der Waals surface area contributed by atoms with Crippen LogP contribution >= 0.6 is 15.6 Å². The van der Waals surface area contributed by atoms with Gasteiger partial charge < -0.3 is 33.8 Å². The lowest BCUT2D eigenvalue weighted by atomic mass is 10.0. The molecular formula is C72H132O17P2. The van der Waals surface area contributed by atoms with Gasteiger partial charge in [-0.3, -0.25) is 37.3 Å². The number of hydrogen-bond donors (Lipinski definition) is 3. The van der Waals surface area contributed by atoms with Crippen LogP contribution in [0.1, 0.15) is 329 Å². The average molecular weight is 1330 g/mol. The lowest BCUT2D eigenvalue weighted by molar-refractivity contribution is -0.161. The summed E-state index contributed by atoms with van der Waals surface area (Å²) in [6.45, 7) is 4.81. The summed E-state index contributed by atoms with van der Waals surface area (Å²) in [6, 6.07) is 0. The molecule has 17 nitrogen and oxygen atoms in total. The van der Waals surface area contributed by atoms with E-state index in [1.54, 1.807) is 0 Å². The van der Waals surface area contributed by atoms with E-state index < -0.39 is 97.5 Å². The summed E-state index contributed by atoms with van der Waals surface area (Å²) in [6.07, 6.45) is 59.8. The van der Waals surface area contributed by atoms with Crippen molar-refractivity contribution in [2.24, 2.45) is 0 Å². The molecule has 0 aromatic heterocycles. The number of allylic oxidation sites excluding steroid dienone is 8. The first-order valence-electron chi connectivity index (χ1n) is 36.4. The van der Waals surface area contributed by atoms with Crippen molar-refractivity contribution in [1.29, 1.82) is 0 Å². The maximum atomic E-state index is 13.0. The van der Waals surface area contributed by atoms with Gasteiger partial charge in [0.25, 0.3) is 0 Å². The van der Waals surface area contributed by atoms with Gasteiger partial charge >= 0.3 is 39.5 Å². The SMILES string of the molecule is CCCCCC/C=C\C=C/CCCCCCCC(=O)OC[C@H](COP(=O)(O)OC[C@@H](O)COP(=O)(O)OC[C@@H](COC(=O)CCCCCCCCCCC)OC(=O)CCCCCCCCCCCCCC)OC(=O)CCCCCCC/C=C\C=C/CCCCCC. The fraction of sp³-hybridized carbons (Fsp3) is 0.833. The number of rotatable bonds is 69. The van der Waals surface area contributed by atoms with Crippen LogP contribution in [0, 0.1) is 0 Å². The molecule has 2 unspecified atom stereocenters. The highest BCUT2D eigenvalue weighted by atomic mass is 31.2. The average Bonchev–Trinajstić information content (AvgIpc) is 3.17. The van der Waals surface area contributed by atoms with Crippen molar-refractivity contribution in [3.8, 4) is 0 Å². The van der Waals surface area contributed by atoms with Crippen LogP contribution in [0.2, 0.25) is 0 Å². The molecule has 532 valence electrons. The van der Waals surface area contributed by atoms with Crippen molar-refractivity contribution in [2.45, 2.75) is 348 Å². The zero-order valence-corrected chi connectivity index (χ0v) is 59.6. The molecule has 0 amide bonds. The number of hydrogen-bond acceptors (Lipinski definition) is 15. The van der Waals surface area contributed by atoms with Gasteiger partial charge in [0.2, 0.25) is 0 Å².